The van der Waals surface area contributed by atoms with Crippen LogP contribution in [0.1, 0.15) is 35.5 Å². The molecule has 8 heteroatoms. The lowest BCUT2D eigenvalue weighted by atomic mass is 10.2. The molecule has 0 saturated heterocycles. The van der Waals surface area contributed by atoms with E-state index in [-0.39, 0.29) is 11.8 Å². The van der Waals surface area contributed by atoms with Crippen LogP contribution >= 0.6 is 0 Å². The molecule has 176 valence electrons. The van der Waals surface area contributed by atoms with E-state index in [0.29, 0.717) is 25.2 Å². The molecule has 2 amide bonds. The molecular weight excluding hydrogens is 416 g/mol. The fourth-order valence-electron chi connectivity index (χ4n) is 3.89. The zero-order chi connectivity index (χ0) is 24.1. The molecule has 3 rings (SSSR count). The van der Waals surface area contributed by atoms with E-state index >= 15 is 0 Å². The first-order valence-corrected chi connectivity index (χ1v) is 11.2. The van der Waals surface area contributed by atoms with Gasteiger partial charge in [0.15, 0.2) is 0 Å². The second kappa shape index (κ2) is 10.5. The lowest BCUT2D eigenvalue weighted by Crippen LogP contribution is -2.36. The Hall–Kier alpha value is -3.39. The number of pyridine rings is 1. The number of imidazole rings is 1. The van der Waals surface area contributed by atoms with Gasteiger partial charge in [0, 0.05) is 52.0 Å². The lowest BCUT2D eigenvalue weighted by Gasteiger charge is -2.23. The van der Waals surface area contributed by atoms with E-state index in [1.807, 2.05) is 86.9 Å². The van der Waals surface area contributed by atoms with Gasteiger partial charge >= 0.3 is 0 Å². The van der Waals surface area contributed by atoms with Crippen LogP contribution in [0, 0.1) is 6.92 Å². The highest BCUT2D eigenvalue weighted by molar-refractivity contribution is 5.94. The molecule has 33 heavy (non-hydrogen) atoms. The van der Waals surface area contributed by atoms with Crippen LogP contribution in [0.3, 0.4) is 0 Å². The molecule has 0 spiro atoms. The summed E-state index contributed by atoms with van der Waals surface area (Å²) < 4.78 is 1.99. The smallest absolute Gasteiger partial charge is 0.255 e. The van der Waals surface area contributed by atoms with Crippen molar-refractivity contribution in [3.63, 3.8) is 0 Å². The van der Waals surface area contributed by atoms with E-state index in [0.717, 1.165) is 35.0 Å². The monoisotopic (exact) mass is 450 g/mol. The molecule has 2 heterocycles. The Labute approximate surface area is 195 Å². The van der Waals surface area contributed by atoms with Gasteiger partial charge in [0.05, 0.1) is 11.3 Å². The lowest BCUT2D eigenvalue weighted by molar-refractivity contribution is -0.114. The van der Waals surface area contributed by atoms with E-state index in [1.165, 1.54) is 6.92 Å². The molecule has 0 bridgehead atoms. The van der Waals surface area contributed by atoms with Gasteiger partial charge in [0.2, 0.25) is 5.91 Å². The Balaban J connectivity index is 1.84. The SMILES string of the molecule is CCN(CCN(C)C)C(=O)c1ccc2nc(C)c(N(C)Cc3ccc(NC(C)=O)cc3)n2c1. The zero-order valence-corrected chi connectivity index (χ0v) is 20.4. The van der Waals surface area contributed by atoms with Gasteiger partial charge in [0.25, 0.3) is 5.91 Å². The molecule has 8 nitrogen and oxygen atoms in total. The summed E-state index contributed by atoms with van der Waals surface area (Å²) in [5, 5.41) is 2.79. The number of hydrogen-bond donors (Lipinski definition) is 1. The van der Waals surface area contributed by atoms with Crippen LogP contribution in [0.15, 0.2) is 42.6 Å². The molecule has 0 atom stereocenters. The number of aryl methyl sites for hydroxylation is 1. The summed E-state index contributed by atoms with van der Waals surface area (Å²) in [6.45, 7) is 8.31. The molecule has 1 N–H and O–H groups in total. The molecule has 0 aliphatic carbocycles. The van der Waals surface area contributed by atoms with Crippen LogP contribution < -0.4 is 10.2 Å². The number of nitrogens with zero attached hydrogens (tertiary/aromatic N) is 5. The van der Waals surface area contributed by atoms with Crippen LogP contribution in [-0.4, -0.2) is 71.8 Å². The highest BCUT2D eigenvalue weighted by Gasteiger charge is 2.18. The number of hydrogen-bond acceptors (Lipinski definition) is 5. The fraction of sp³-hybridized carbons (Fsp3) is 0.400. The minimum absolute atomic E-state index is 0.0229. The summed E-state index contributed by atoms with van der Waals surface area (Å²) >= 11 is 0. The van der Waals surface area contributed by atoms with Crippen molar-refractivity contribution in [3.8, 4) is 0 Å². The second-order valence-electron chi connectivity index (χ2n) is 8.59. The minimum atomic E-state index is -0.0880. The third-order valence-electron chi connectivity index (χ3n) is 5.55. The quantitative estimate of drug-likeness (QED) is 0.542. The molecule has 0 aliphatic heterocycles. The van der Waals surface area contributed by atoms with Crippen LogP contribution in [0.5, 0.6) is 0 Å². The summed E-state index contributed by atoms with van der Waals surface area (Å²) in [5.74, 6) is 0.881. The third kappa shape index (κ3) is 5.90. The Morgan fingerprint density at radius 1 is 1.03 bits per heavy atom. The van der Waals surface area contributed by atoms with Gasteiger partial charge < -0.3 is 20.0 Å². The first-order chi connectivity index (χ1) is 15.7. The number of anilines is 2. The predicted octanol–water partition coefficient (Wildman–Crippen LogP) is 3.26. The van der Waals surface area contributed by atoms with Crippen molar-refractivity contribution < 1.29 is 9.59 Å². The Kier molecular flexibility index (Phi) is 7.71. The summed E-state index contributed by atoms with van der Waals surface area (Å²) in [5.41, 5.74) is 4.24. The van der Waals surface area contributed by atoms with Crippen LogP contribution in [0.4, 0.5) is 11.5 Å². The number of carbonyl (C=O) groups excluding carboxylic acids is 2. The first-order valence-electron chi connectivity index (χ1n) is 11.2. The van der Waals surface area contributed by atoms with E-state index in [4.69, 9.17) is 0 Å². The number of rotatable bonds is 9. The predicted molar refractivity (Wildman–Crippen MR) is 133 cm³/mol. The first kappa shape index (κ1) is 24.3. The Morgan fingerprint density at radius 3 is 2.33 bits per heavy atom. The maximum atomic E-state index is 13.1. The Bertz CT molecular complexity index is 1120. The normalized spacial score (nSPS) is 11.1. The highest BCUT2D eigenvalue weighted by atomic mass is 16.2. The van der Waals surface area contributed by atoms with Crippen molar-refractivity contribution in [3.05, 3.63) is 59.4 Å². The van der Waals surface area contributed by atoms with Crippen molar-refractivity contribution in [2.45, 2.75) is 27.3 Å². The van der Waals surface area contributed by atoms with Crippen molar-refractivity contribution in [2.24, 2.45) is 0 Å². The molecule has 0 radical (unpaired) electrons. The summed E-state index contributed by atoms with van der Waals surface area (Å²) in [6, 6.07) is 11.6. The molecule has 0 saturated carbocycles. The topological polar surface area (TPSA) is 73.2 Å². The van der Waals surface area contributed by atoms with E-state index in [9.17, 15) is 9.59 Å². The van der Waals surface area contributed by atoms with E-state index in [2.05, 4.69) is 20.1 Å². The number of amides is 2. The van der Waals surface area contributed by atoms with Gasteiger partial charge in [-0.05, 0) is 57.8 Å². The average Bonchev–Trinajstić information content (AvgIpc) is 3.09. The van der Waals surface area contributed by atoms with Crippen molar-refractivity contribution >= 4 is 29.0 Å². The van der Waals surface area contributed by atoms with E-state index < -0.39 is 0 Å². The van der Waals surface area contributed by atoms with Gasteiger partial charge in [-0.25, -0.2) is 4.98 Å². The van der Waals surface area contributed by atoms with Crippen molar-refractivity contribution in [1.29, 1.82) is 0 Å². The molecule has 0 unspecified atom stereocenters. The van der Waals surface area contributed by atoms with Gasteiger partial charge in [-0.2, -0.15) is 0 Å². The second-order valence-corrected chi connectivity index (χ2v) is 8.59. The van der Waals surface area contributed by atoms with Gasteiger partial charge in [-0.1, -0.05) is 12.1 Å². The number of aromatic nitrogens is 2. The van der Waals surface area contributed by atoms with Crippen LogP contribution in [0.25, 0.3) is 5.65 Å². The standard InChI is InChI=1S/C25H34N6O2/c1-7-30(15-14-28(4)5)25(33)21-10-13-23-26-18(2)24(31(23)17-21)29(6)16-20-8-11-22(12-9-20)27-19(3)32/h8-13,17H,7,14-16H2,1-6H3,(H,27,32). The largest absolute Gasteiger partial charge is 0.355 e. The summed E-state index contributed by atoms with van der Waals surface area (Å²) in [7, 11) is 6.03. The number of benzene rings is 1. The summed E-state index contributed by atoms with van der Waals surface area (Å²) in [6.07, 6.45) is 1.89. The van der Waals surface area contributed by atoms with Gasteiger partial charge in [-0.3, -0.25) is 14.0 Å². The number of likely N-dealkylation sites (N-methyl/N-ethyl adjacent to an activating group) is 2. The van der Waals surface area contributed by atoms with Crippen molar-refractivity contribution in [1.82, 2.24) is 19.2 Å². The molecule has 0 aliphatic rings. The van der Waals surface area contributed by atoms with Crippen LogP contribution in [-0.2, 0) is 11.3 Å². The fourth-order valence-corrected chi connectivity index (χ4v) is 3.89. The van der Waals surface area contributed by atoms with E-state index in [1.54, 1.807) is 0 Å². The summed E-state index contributed by atoms with van der Waals surface area (Å²) in [4.78, 5) is 35.1. The van der Waals surface area contributed by atoms with Gasteiger partial charge in [-0.15, -0.1) is 0 Å². The van der Waals surface area contributed by atoms with Gasteiger partial charge in [0.1, 0.15) is 11.5 Å². The number of carbonyl (C=O) groups is 2. The average molecular weight is 451 g/mol. The number of fused-ring (bicyclic) bond motifs is 1. The van der Waals surface area contributed by atoms with Crippen LogP contribution in [0.2, 0.25) is 0 Å². The van der Waals surface area contributed by atoms with Crippen molar-refractivity contribution in [2.75, 3.05) is 51.0 Å². The Morgan fingerprint density at radius 2 is 1.73 bits per heavy atom. The molecule has 3 aromatic rings. The highest BCUT2D eigenvalue weighted by Crippen LogP contribution is 2.24. The molecule has 1 aromatic carbocycles. The maximum Gasteiger partial charge on any atom is 0.255 e. The number of nitrogens with one attached hydrogen (secondary N) is 1. The molecular formula is C25H34N6O2. The minimum Gasteiger partial charge on any atom is -0.355 e. The molecule has 2 aromatic heterocycles. The maximum absolute atomic E-state index is 13.1. The zero-order valence-electron chi connectivity index (χ0n) is 20.4. The third-order valence-corrected chi connectivity index (χ3v) is 5.55. The molecule has 0 fully saturated rings.